The van der Waals surface area contributed by atoms with Crippen molar-refractivity contribution < 1.29 is 0 Å². The maximum Gasteiger partial charge on any atom is 0.214 e. The Bertz CT molecular complexity index is 816. The van der Waals surface area contributed by atoms with Gasteiger partial charge in [-0.2, -0.15) is 5.10 Å². The Balaban J connectivity index is 1.79. The first-order valence-electron chi connectivity index (χ1n) is 7.70. The van der Waals surface area contributed by atoms with Gasteiger partial charge in [0.15, 0.2) is 5.82 Å². The second-order valence-electron chi connectivity index (χ2n) is 5.78. The number of hydrogen-bond donors (Lipinski definition) is 2. The Morgan fingerprint density at radius 3 is 2.43 bits per heavy atom. The van der Waals surface area contributed by atoms with Gasteiger partial charge in [0.2, 0.25) is 4.77 Å². The fourth-order valence-corrected chi connectivity index (χ4v) is 2.61. The summed E-state index contributed by atoms with van der Waals surface area (Å²) in [6, 6.07) is 18.6. The molecule has 3 aromatic rings. The van der Waals surface area contributed by atoms with E-state index in [1.807, 2.05) is 35.0 Å². The van der Waals surface area contributed by atoms with E-state index in [1.165, 1.54) is 11.1 Å². The lowest BCUT2D eigenvalue weighted by atomic mass is 10.0. The van der Waals surface area contributed by atoms with Gasteiger partial charge in [-0.3, -0.25) is 0 Å². The van der Waals surface area contributed by atoms with Crippen LogP contribution in [0.4, 0.5) is 0 Å². The molecule has 0 atom stereocenters. The summed E-state index contributed by atoms with van der Waals surface area (Å²) in [6.45, 7) is 5.08. The summed E-state index contributed by atoms with van der Waals surface area (Å²) in [6.07, 6.45) is 0. The van der Waals surface area contributed by atoms with Crippen molar-refractivity contribution in [1.29, 1.82) is 0 Å². The number of nitrogens with one attached hydrogen (secondary N) is 2. The predicted molar refractivity (Wildman–Crippen MR) is 96.4 cm³/mol. The molecule has 1 aromatic heterocycles. The number of hydrogen-bond acceptors (Lipinski definition) is 3. The highest BCUT2D eigenvalue weighted by Crippen LogP contribution is 2.17. The van der Waals surface area contributed by atoms with Crippen molar-refractivity contribution in [2.24, 2.45) is 0 Å². The van der Waals surface area contributed by atoms with Crippen LogP contribution in [0.15, 0.2) is 54.6 Å². The molecule has 0 aliphatic heterocycles. The van der Waals surface area contributed by atoms with Crippen LogP contribution in [0.5, 0.6) is 0 Å². The molecule has 2 N–H and O–H groups in total. The summed E-state index contributed by atoms with van der Waals surface area (Å²) < 4.78 is 2.38. The van der Waals surface area contributed by atoms with Gasteiger partial charge in [-0.15, -0.1) is 0 Å². The second kappa shape index (κ2) is 6.79. The first-order chi connectivity index (χ1) is 11.1. The zero-order valence-corrected chi connectivity index (χ0v) is 14.1. The molecule has 4 nitrogen and oxygen atoms in total. The average molecular weight is 324 g/mol. The largest absolute Gasteiger partial charge is 0.317 e. The highest BCUT2D eigenvalue weighted by atomic mass is 32.1. The lowest BCUT2D eigenvalue weighted by Crippen LogP contribution is -2.15. The minimum atomic E-state index is 0.546. The van der Waals surface area contributed by atoms with Gasteiger partial charge in [-0.25, -0.2) is 9.77 Å². The second-order valence-corrected chi connectivity index (χ2v) is 6.17. The third-order valence-corrected chi connectivity index (χ3v) is 4.07. The van der Waals surface area contributed by atoms with Crippen molar-refractivity contribution in [3.05, 3.63) is 70.5 Å². The van der Waals surface area contributed by atoms with Crippen molar-refractivity contribution in [3.8, 4) is 11.4 Å². The SMILES string of the molecule is CC(C)c1ccc(CNn2c(-c3ccccc3)n[nH]c2=S)cc1. The number of benzene rings is 2. The number of H-pyrrole nitrogens is 1. The Hall–Kier alpha value is -2.40. The minimum absolute atomic E-state index is 0.546. The van der Waals surface area contributed by atoms with Gasteiger partial charge in [-0.05, 0) is 29.3 Å². The monoisotopic (exact) mass is 324 g/mol. The summed E-state index contributed by atoms with van der Waals surface area (Å²) in [7, 11) is 0. The van der Waals surface area contributed by atoms with E-state index in [4.69, 9.17) is 12.2 Å². The van der Waals surface area contributed by atoms with Crippen molar-refractivity contribution >= 4 is 12.2 Å². The highest BCUT2D eigenvalue weighted by molar-refractivity contribution is 7.71. The van der Waals surface area contributed by atoms with Gasteiger partial charge in [0, 0.05) is 5.56 Å². The molecule has 0 radical (unpaired) electrons. The van der Waals surface area contributed by atoms with Crippen LogP contribution in [0.25, 0.3) is 11.4 Å². The smallest absolute Gasteiger partial charge is 0.214 e. The van der Waals surface area contributed by atoms with E-state index in [0.717, 1.165) is 11.4 Å². The van der Waals surface area contributed by atoms with Crippen LogP contribution in [-0.4, -0.2) is 14.9 Å². The van der Waals surface area contributed by atoms with E-state index in [-0.39, 0.29) is 0 Å². The predicted octanol–water partition coefficient (Wildman–Crippen LogP) is 4.47. The topological polar surface area (TPSA) is 45.6 Å². The van der Waals surface area contributed by atoms with Crippen LogP contribution in [0.1, 0.15) is 30.9 Å². The van der Waals surface area contributed by atoms with Gasteiger partial charge in [0.1, 0.15) is 0 Å². The van der Waals surface area contributed by atoms with E-state index in [2.05, 4.69) is 53.7 Å². The molecular weight excluding hydrogens is 304 g/mol. The van der Waals surface area contributed by atoms with Gasteiger partial charge >= 0.3 is 0 Å². The van der Waals surface area contributed by atoms with E-state index >= 15 is 0 Å². The molecule has 23 heavy (non-hydrogen) atoms. The molecular formula is C18H20N4S. The van der Waals surface area contributed by atoms with Crippen molar-refractivity contribution in [1.82, 2.24) is 14.9 Å². The Labute approximate surface area is 141 Å². The Kier molecular flexibility index (Phi) is 4.57. The molecule has 0 fully saturated rings. The fraction of sp³-hybridized carbons (Fsp3) is 0.222. The molecule has 0 aliphatic carbocycles. The van der Waals surface area contributed by atoms with Crippen LogP contribution in [0.2, 0.25) is 0 Å². The number of rotatable bonds is 5. The van der Waals surface area contributed by atoms with Crippen molar-refractivity contribution in [3.63, 3.8) is 0 Å². The minimum Gasteiger partial charge on any atom is -0.317 e. The maximum absolute atomic E-state index is 5.33. The summed E-state index contributed by atoms with van der Waals surface area (Å²) in [4.78, 5) is 0. The molecule has 0 unspecified atom stereocenters. The zero-order valence-electron chi connectivity index (χ0n) is 13.3. The summed E-state index contributed by atoms with van der Waals surface area (Å²) in [5, 5.41) is 7.17. The standard InChI is InChI=1S/C18H20N4S/c1-13(2)15-10-8-14(9-11-15)12-19-22-17(20-21-18(22)23)16-6-4-3-5-7-16/h3-11,13,19H,12H2,1-2H3,(H,21,23). The van der Waals surface area contributed by atoms with E-state index in [0.29, 0.717) is 17.2 Å². The third-order valence-electron chi connectivity index (χ3n) is 3.79. The molecule has 0 saturated heterocycles. The molecule has 0 bridgehead atoms. The van der Waals surface area contributed by atoms with Gasteiger partial charge in [0.05, 0.1) is 6.54 Å². The van der Waals surface area contributed by atoms with E-state index in [1.54, 1.807) is 0 Å². The summed E-state index contributed by atoms with van der Waals surface area (Å²) in [5.74, 6) is 1.33. The molecule has 2 aromatic carbocycles. The van der Waals surface area contributed by atoms with Gasteiger partial charge in [-0.1, -0.05) is 68.4 Å². The van der Waals surface area contributed by atoms with E-state index < -0.39 is 0 Å². The lowest BCUT2D eigenvalue weighted by Gasteiger charge is -2.11. The van der Waals surface area contributed by atoms with Crippen molar-refractivity contribution in [2.75, 3.05) is 5.43 Å². The van der Waals surface area contributed by atoms with Crippen LogP contribution in [0, 0.1) is 4.77 Å². The molecule has 1 heterocycles. The van der Waals surface area contributed by atoms with Crippen LogP contribution in [0.3, 0.4) is 0 Å². The van der Waals surface area contributed by atoms with Gasteiger partial charge in [0.25, 0.3) is 0 Å². The fourth-order valence-electron chi connectivity index (χ4n) is 2.42. The molecule has 0 aliphatic rings. The first-order valence-corrected chi connectivity index (χ1v) is 8.11. The number of aromatic nitrogens is 3. The van der Waals surface area contributed by atoms with Crippen LogP contribution >= 0.6 is 12.2 Å². The molecule has 118 valence electrons. The summed E-state index contributed by atoms with van der Waals surface area (Å²) >= 11 is 5.33. The lowest BCUT2D eigenvalue weighted by molar-refractivity contribution is 0.828. The normalized spacial score (nSPS) is 10.9. The first kappa shape index (κ1) is 15.5. The molecule has 0 spiro atoms. The highest BCUT2D eigenvalue weighted by Gasteiger charge is 2.08. The number of aromatic amines is 1. The van der Waals surface area contributed by atoms with Crippen LogP contribution in [-0.2, 0) is 6.54 Å². The Morgan fingerprint density at radius 2 is 1.78 bits per heavy atom. The molecule has 0 amide bonds. The molecule has 3 rings (SSSR count). The van der Waals surface area contributed by atoms with Crippen LogP contribution < -0.4 is 5.43 Å². The van der Waals surface area contributed by atoms with E-state index in [9.17, 15) is 0 Å². The third kappa shape index (κ3) is 3.51. The molecule has 5 heteroatoms. The van der Waals surface area contributed by atoms with Gasteiger partial charge < -0.3 is 5.43 Å². The summed E-state index contributed by atoms with van der Waals surface area (Å²) in [5.41, 5.74) is 6.91. The zero-order chi connectivity index (χ0) is 16.2. The average Bonchev–Trinajstić information content (AvgIpc) is 2.95. The van der Waals surface area contributed by atoms with Crippen molar-refractivity contribution in [2.45, 2.75) is 26.3 Å². The Morgan fingerprint density at radius 1 is 1.09 bits per heavy atom. The number of nitrogens with zero attached hydrogens (tertiary/aromatic N) is 2. The molecule has 0 saturated carbocycles. The quantitative estimate of drug-likeness (QED) is 0.680. The maximum atomic E-state index is 5.33.